The molecule has 8 heteroatoms. The maximum atomic E-state index is 12.4. The quantitative estimate of drug-likeness (QED) is 0.777. The Morgan fingerprint density at radius 2 is 2.04 bits per heavy atom. The van der Waals surface area contributed by atoms with Crippen LogP contribution in [0, 0.1) is 6.92 Å². The molecule has 0 aromatic carbocycles. The topological polar surface area (TPSA) is 58.4 Å². The second-order valence-electron chi connectivity index (χ2n) is 5.73. The summed E-state index contributed by atoms with van der Waals surface area (Å²) in [4.78, 5) is 32.3. The third kappa shape index (κ3) is 3.79. The molecule has 2 aromatic rings. The van der Waals surface area contributed by atoms with Gasteiger partial charge >= 0.3 is 4.87 Å². The first-order chi connectivity index (χ1) is 11.5. The molecule has 0 N–H and O–H groups in total. The van der Waals surface area contributed by atoms with Crippen LogP contribution < -0.4 is 9.77 Å². The predicted molar refractivity (Wildman–Crippen MR) is 96.0 cm³/mol. The molecule has 0 unspecified atom stereocenters. The molecule has 3 heterocycles. The van der Waals surface area contributed by atoms with Crippen molar-refractivity contribution in [1.82, 2.24) is 14.5 Å². The van der Waals surface area contributed by atoms with Gasteiger partial charge in [-0.2, -0.15) is 0 Å². The smallest absolute Gasteiger partial charge is 0.307 e. The summed E-state index contributed by atoms with van der Waals surface area (Å²) in [7, 11) is 0. The number of halogens is 1. The molecule has 1 aliphatic heterocycles. The van der Waals surface area contributed by atoms with Crippen molar-refractivity contribution in [2.24, 2.45) is 0 Å². The van der Waals surface area contributed by atoms with Gasteiger partial charge in [0.1, 0.15) is 11.0 Å². The molecule has 0 radical (unpaired) electrons. The molecule has 1 aliphatic rings. The highest BCUT2D eigenvalue weighted by molar-refractivity contribution is 7.07. The molecule has 1 fully saturated rings. The van der Waals surface area contributed by atoms with Crippen LogP contribution in [0.2, 0.25) is 5.15 Å². The van der Waals surface area contributed by atoms with E-state index in [2.05, 4.69) is 9.88 Å². The second-order valence-corrected chi connectivity index (χ2v) is 6.94. The van der Waals surface area contributed by atoms with Crippen molar-refractivity contribution < 1.29 is 4.79 Å². The number of carbonyl (C=O) groups excluding carboxylic acids is 1. The van der Waals surface area contributed by atoms with E-state index in [1.807, 2.05) is 29.3 Å². The van der Waals surface area contributed by atoms with E-state index in [-0.39, 0.29) is 10.8 Å². The normalized spacial score (nSPS) is 14.9. The fourth-order valence-electron chi connectivity index (χ4n) is 2.80. The van der Waals surface area contributed by atoms with Crippen LogP contribution in [0.4, 0.5) is 5.82 Å². The lowest BCUT2D eigenvalue weighted by Gasteiger charge is -2.35. The predicted octanol–water partition coefficient (Wildman–Crippen LogP) is 2.01. The maximum Gasteiger partial charge on any atom is 0.307 e. The fraction of sp³-hybridized carbons (Fsp3) is 0.438. The molecule has 3 rings (SSSR count). The van der Waals surface area contributed by atoms with Crippen LogP contribution in [0.15, 0.2) is 28.4 Å². The Kier molecular flexibility index (Phi) is 5.20. The number of aryl methyl sites for hydroxylation is 1. The molecule has 2 aromatic heterocycles. The number of amides is 1. The molecule has 1 saturated heterocycles. The lowest BCUT2D eigenvalue weighted by molar-refractivity contribution is -0.131. The SMILES string of the molecule is Cc1csc(=O)n1CCC(=O)N1CCN(c2cccc(Cl)n2)CC1. The first-order valence-electron chi connectivity index (χ1n) is 7.85. The number of nitrogens with zero attached hydrogens (tertiary/aromatic N) is 4. The largest absolute Gasteiger partial charge is 0.353 e. The summed E-state index contributed by atoms with van der Waals surface area (Å²) < 4.78 is 1.66. The third-order valence-corrected chi connectivity index (χ3v) is 5.27. The zero-order chi connectivity index (χ0) is 17.1. The minimum absolute atomic E-state index is 0.00264. The molecule has 0 aliphatic carbocycles. The summed E-state index contributed by atoms with van der Waals surface area (Å²) >= 11 is 7.10. The number of pyridine rings is 1. The van der Waals surface area contributed by atoms with Gasteiger partial charge in [-0.05, 0) is 19.1 Å². The number of hydrogen-bond donors (Lipinski definition) is 0. The summed E-state index contributed by atoms with van der Waals surface area (Å²) in [6.07, 6.45) is 0.354. The van der Waals surface area contributed by atoms with E-state index in [4.69, 9.17) is 11.6 Å². The summed E-state index contributed by atoms with van der Waals surface area (Å²) in [6, 6.07) is 5.55. The van der Waals surface area contributed by atoms with Gasteiger partial charge in [0.2, 0.25) is 5.91 Å². The number of hydrogen-bond acceptors (Lipinski definition) is 5. The Bertz CT molecular complexity index is 780. The molecular weight excluding hydrogens is 348 g/mol. The van der Waals surface area contributed by atoms with Crippen molar-refractivity contribution in [2.75, 3.05) is 31.1 Å². The highest BCUT2D eigenvalue weighted by atomic mass is 35.5. The molecule has 128 valence electrons. The van der Waals surface area contributed by atoms with E-state index >= 15 is 0 Å². The van der Waals surface area contributed by atoms with Crippen LogP contribution in [-0.2, 0) is 11.3 Å². The first kappa shape index (κ1) is 17.0. The average molecular weight is 367 g/mol. The molecular formula is C16H19ClN4O2S. The fourth-order valence-corrected chi connectivity index (χ4v) is 3.72. The van der Waals surface area contributed by atoms with Crippen LogP contribution in [-0.4, -0.2) is 46.5 Å². The maximum absolute atomic E-state index is 12.4. The van der Waals surface area contributed by atoms with Crippen molar-refractivity contribution in [1.29, 1.82) is 0 Å². The molecule has 0 saturated carbocycles. The van der Waals surface area contributed by atoms with Crippen molar-refractivity contribution in [3.05, 3.63) is 44.1 Å². The summed E-state index contributed by atoms with van der Waals surface area (Å²) in [5.41, 5.74) is 0.912. The van der Waals surface area contributed by atoms with E-state index in [1.54, 1.807) is 10.6 Å². The molecule has 0 spiro atoms. The minimum Gasteiger partial charge on any atom is -0.353 e. The van der Waals surface area contributed by atoms with Crippen LogP contribution in [0.3, 0.4) is 0 Å². The van der Waals surface area contributed by atoms with Gasteiger partial charge < -0.3 is 14.4 Å². The van der Waals surface area contributed by atoms with Gasteiger partial charge in [0.25, 0.3) is 0 Å². The van der Waals surface area contributed by atoms with E-state index in [9.17, 15) is 9.59 Å². The van der Waals surface area contributed by atoms with Crippen LogP contribution in [0.1, 0.15) is 12.1 Å². The standard InChI is InChI=1S/C16H19ClN4O2S/c1-12-11-24-16(23)21(12)6-5-15(22)20-9-7-19(8-10-20)14-4-2-3-13(17)18-14/h2-4,11H,5-10H2,1H3. The molecule has 1 amide bonds. The van der Waals surface area contributed by atoms with Gasteiger partial charge in [-0.25, -0.2) is 4.98 Å². The van der Waals surface area contributed by atoms with Crippen LogP contribution in [0.25, 0.3) is 0 Å². The molecule has 6 nitrogen and oxygen atoms in total. The lowest BCUT2D eigenvalue weighted by Crippen LogP contribution is -2.49. The van der Waals surface area contributed by atoms with E-state index in [1.165, 1.54) is 11.3 Å². The summed E-state index contributed by atoms with van der Waals surface area (Å²) in [6.45, 7) is 5.12. The highest BCUT2D eigenvalue weighted by Gasteiger charge is 2.22. The van der Waals surface area contributed by atoms with Gasteiger partial charge in [-0.3, -0.25) is 9.59 Å². The Morgan fingerprint density at radius 1 is 1.29 bits per heavy atom. The van der Waals surface area contributed by atoms with Gasteiger partial charge in [0, 0.05) is 50.2 Å². The Hall–Kier alpha value is -1.86. The van der Waals surface area contributed by atoms with Crippen molar-refractivity contribution in [2.45, 2.75) is 19.9 Å². The van der Waals surface area contributed by atoms with Crippen molar-refractivity contribution in [3.8, 4) is 0 Å². The first-order valence-corrected chi connectivity index (χ1v) is 9.10. The zero-order valence-corrected chi connectivity index (χ0v) is 15.0. The van der Waals surface area contributed by atoms with Gasteiger partial charge in [0.05, 0.1) is 0 Å². The molecule has 24 heavy (non-hydrogen) atoms. The minimum atomic E-state index is -0.00264. The summed E-state index contributed by atoms with van der Waals surface area (Å²) in [5, 5.41) is 2.30. The van der Waals surface area contributed by atoms with Gasteiger partial charge in [-0.1, -0.05) is 29.0 Å². The highest BCUT2D eigenvalue weighted by Crippen LogP contribution is 2.16. The zero-order valence-electron chi connectivity index (χ0n) is 13.4. The van der Waals surface area contributed by atoms with Crippen LogP contribution in [0.5, 0.6) is 0 Å². The number of piperazine rings is 1. The lowest BCUT2D eigenvalue weighted by atomic mass is 10.2. The monoisotopic (exact) mass is 366 g/mol. The van der Waals surface area contributed by atoms with Crippen molar-refractivity contribution in [3.63, 3.8) is 0 Å². The van der Waals surface area contributed by atoms with Gasteiger partial charge in [-0.15, -0.1) is 0 Å². The van der Waals surface area contributed by atoms with Crippen molar-refractivity contribution >= 4 is 34.7 Å². The average Bonchev–Trinajstić information content (AvgIpc) is 2.91. The number of thiazole rings is 1. The number of aromatic nitrogens is 2. The third-order valence-electron chi connectivity index (χ3n) is 4.18. The number of rotatable bonds is 4. The molecule has 0 bridgehead atoms. The molecule has 0 atom stereocenters. The van der Waals surface area contributed by atoms with Gasteiger partial charge in [0.15, 0.2) is 0 Å². The van der Waals surface area contributed by atoms with E-state index in [0.717, 1.165) is 24.6 Å². The Morgan fingerprint density at radius 3 is 2.67 bits per heavy atom. The second kappa shape index (κ2) is 7.36. The number of anilines is 1. The Labute approximate surface area is 149 Å². The van der Waals surface area contributed by atoms with E-state index in [0.29, 0.717) is 31.2 Å². The Balaban J connectivity index is 1.53. The number of carbonyl (C=O) groups is 1. The van der Waals surface area contributed by atoms with Crippen LogP contribution >= 0.6 is 22.9 Å². The van der Waals surface area contributed by atoms with E-state index < -0.39 is 0 Å². The summed E-state index contributed by atoms with van der Waals surface area (Å²) in [5.74, 6) is 0.932.